The highest BCUT2D eigenvalue weighted by atomic mass is 127. The van der Waals surface area contributed by atoms with Gasteiger partial charge < -0.3 is 14.4 Å². The van der Waals surface area contributed by atoms with Crippen molar-refractivity contribution in [1.29, 1.82) is 0 Å². The number of aryl methyl sites for hydroxylation is 1. The molecule has 18 heavy (non-hydrogen) atoms. The van der Waals surface area contributed by atoms with Gasteiger partial charge in [0.2, 0.25) is 0 Å². The summed E-state index contributed by atoms with van der Waals surface area (Å²) in [7, 11) is 1.88. The second-order valence-corrected chi connectivity index (χ2v) is 4.86. The summed E-state index contributed by atoms with van der Waals surface area (Å²) in [5.74, 6) is 0.373. The number of rotatable bonds is 4. The summed E-state index contributed by atoms with van der Waals surface area (Å²) in [4.78, 5) is 15.0. The molecule has 0 saturated heterocycles. The number of carbonyl (C=O) groups is 1. The van der Waals surface area contributed by atoms with Crippen molar-refractivity contribution in [2.24, 2.45) is 7.05 Å². The fourth-order valence-corrected chi connectivity index (χ4v) is 1.92. The van der Waals surface area contributed by atoms with E-state index in [1.807, 2.05) is 17.8 Å². The lowest BCUT2D eigenvalue weighted by molar-refractivity contribution is 0.0696. The second-order valence-electron chi connectivity index (χ2n) is 3.69. The number of carboxylic acids is 1. The third kappa shape index (κ3) is 2.81. The highest BCUT2D eigenvalue weighted by Crippen LogP contribution is 2.23. The van der Waals surface area contributed by atoms with Gasteiger partial charge in [0.1, 0.15) is 18.2 Å². The summed E-state index contributed by atoms with van der Waals surface area (Å²) in [6.45, 7) is 0.308. The number of halogens is 1. The largest absolute Gasteiger partial charge is 0.485 e. The lowest BCUT2D eigenvalue weighted by atomic mass is 10.2. The smallest absolute Gasteiger partial charge is 0.335 e. The summed E-state index contributed by atoms with van der Waals surface area (Å²) in [6, 6.07) is 4.79. The Morgan fingerprint density at radius 3 is 2.94 bits per heavy atom. The van der Waals surface area contributed by atoms with E-state index in [0.29, 0.717) is 12.4 Å². The molecular formula is C12H11IN2O3. The van der Waals surface area contributed by atoms with Gasteiger partial charge in [-0.05, 0) is 40.8 Å². The van der Waals surface area contributed by atoms with E-state index in [2.05, 4.69) is 27.6 Å². The molecule has 2 rings (SSSR count). The van der Waals surface area contributed by atoms with E-state index in [1.165, 1.54) is 6.07 Å². The zero-order chi connectivity index (χ0) is 13.1. The minimum Gasteiger partial charge on any atom is -0.485 e. The maximum Gasteiger partial charge on any atom is 0.335 e. The number of benzene rings is 1. The Bertz CT molecular complexity index is 580. The van der Waals surface area contributed by atoms with Crippen LogP contribution in [0.25, 0.3) is 0 Å². The molecule has 1 aromatic carbocycles. The van der Waals surface area contributed by atoms with Gasteiger partial charge in [-0.15, -0.1) is 0 Å². The molecule has 1 N–H and O–H groups in total. The van der Waals surface area contributed by atoms with Crippen molar-refractivity contribution in [3.63, 3.8) is 0 Å². The molecule has 0 amide bonds. The molecule has 0 bridgehead atoms. The molecule has 0 aliphatic carbocycles. The molecule has 0 aliphatic rings. The van der Waals surface area contributed by atoms with Gasteiger partial charge in [-0.25, -0.2) is 9.78 Å². The van der Waals surface area contributed by atoms with E-state index in [1.54, 1.807) is 18.3 Å². The Morgan fingerprint density at radius 2 is 2.33 bits per heavy atom. The van der Waals surface area contributed by atoms with Crippen molar-refractivity contribution in [2.75, 3.05) is 0 Å². The van der Waals surface area contributed by atoms with E-state index in [4.69, 9.17) is 9.84 Å². The molecule has 1 aromatic heterocycles. The van der Waals surface area contributed by atoms with Crippen LogP contribution in [0.4, 0.5) is 0 Å². The SMILES string of the molecule is Cn1ccnc1COc1cc(C(=O)O)ccc1I. The highest BCUT2D eigenvalue weighted by Gasteiger charge is 2.09. The minimum atomic E-state index is -0.965. The van der Waals surface area contributed by atoms with Gasteiger partial charge in [0.15, 0.2) is 0 Å². The molecular weight excluding hydrogens is 347 g/mol. The fraction of sp³-hybridized carbons (Fsp3) is 0.167. The Labute approximate surface area is 118 Å². The average Bonchev–Trinajstić information content (AvgIpc) is 2.73. The number of imidazole rings is 1. The Kier molecular flexibility index (Phi) is 3.85. The van der Waals surface area contributed by atoms with Crippen LogP contribution < -0.4 is 4.74 Å². The molecule has 0 spiro atoms. The molecule has 0 fully saturated rings. The van der Waals surface area contributed by atoms with Gasteiger partial charge >= 0.3 is 5.97 Å². The maximum absolute atomic E-state index is 10.9. The first kappa shape index (κ1) is 12.9. The predicted molar refractivity (Wildman–Crippen MR) is 73.7 cm³/mol. The molecule has 5 nitrogen and oxygen atoms in total. The summed E-state index contributed by atoms with van der Waals surface area (Å²) >= 11 is 2.11. The summed E-state index contributed by atoms with van der Waals surface area (Å²) < 4.78 is 8.32. The molecule has 0 atom stereocenters. The average molecular weight is 358 g/mol. The number of hydrogen-bond donors (Lipinski definition) is 1. The van der Waals surface area contributed by atoms with Crippen LogP contribution in [0.1, 0.15) is 16.2 Å². The lowest BCUT2D eigenvalue weighted by Crippen LogP contribution is -2.05. The van der Waals surface area contributed by atoms with E-state index < -0.39 is 5.97 Å². The van der Waals surface area contributed by atoms with Crippen molar-refractivity contribution in [3.8, 4) is 5.75 Å². The topological polar surface area (TPSA) is 64.4 Å². The van der Waals surface area contributed by atoms with Crippen molar-refractivity contribution in [1.82, 2.24) is 9.55 Å². The van der Waals surface area contributed by atoms with Gasteiger partial charge in [-0.2, -0.15) is 0 Å². The van der Waals surface area contributed by atoms with Crippen LogP contribution in [0.2, 0.25) is 0 Å². The number of hydrogen-bond acceptors (Lipinski definition) is 3. The summed E-state index contributed by atoms with van der Waals surface area (Å²) in [5, 5.41) is 8.92. The maximum atomic E-state index is 10.9. The van der Waals surface area contributed by atoms with Crippen LogP contribution in [0, 0.1) is 3.57 Å². The van der Waals surface area contributed by atoms with Gasteiger partial charge in [0.05, 0.1) is 9.13 Å². The van der Waals surface area contributed by atoms with E-state index in [9.17, 15) is 4.79 Å². The van der Waals surface area contributed by atoms with Crippen molar-refractivity contribution < 1.29 is 14.6 Å². The molecule has 6 heteroatoms. The van der Waals surface area contributed by atoms with E-state index >= 15 is 0 Å². The third-order valence-electron chi connectivity index (χ3n) is 2.46. The van der Waals surface area contributed by atoms with E-state index in [-0.39, 0.29) is 5.56 Å². The monoisotopic (exact) mass is 358 g/mol. The van der Waals surface area contributed by atoms with Gasteiger partial charge in [-0.3, -0.25) is 0 Å². The predicted octanol–water partition coefficient (Wildman–Crippen LogP) is 2.30. The Morgan fingerprint density at radius 1 is 1.56 bits per heavy atom. The minimum absolute atomic E-state index is 0.213. The van der Waals surface area contributed by atoms with Crippen LogP contribution in [0.15, 0.2) is 30.6 Å². The molecule has 0 unspecified atom stereocenters. The lowest BCUT2D eigenvalue weighted by Gasteiger charge is -2.09. The quantitative estimate of drug-likeness (QED) is 0.852. The van der Waals surface area contributed by atoms with Crippen molar-refractivity contribution >= 4 is 28.6 Å². The van der Waals surface area contributed by atoms with Crippen LogP contribution >= 0.6 is 22.6 Å². The molecule has 1 heterocycles. The first-order valence-electron chi connectivity index (χ1n) is 5.20. The normalized spacial score (nSPS) is 10.3. The van der Waals surface area contributed by atoms with Crippen molar-refractivity contribution in [3.05, 3.63) is 45.6 Å². The number of nitrogens with zero attached hydrogens (tertiary/aromatic N) is 2. The summed E-state index contributed by atoms with van der Waals surface area (Å²) in [5.41, 5.74) is 0.213. The van der Waals surface area contributed by atoms with Gasteiger partial charge in [0.25, 0.3) is 0 Å². The van der Waals surface area contributed by atoms with Crippen LogP contribution in [0.3, 0.4) is 0 Å². The molecule has 0 aliphatic heterocycles. The van der Waals surface area contributed by atoms with Crippen LogP contribution in [0.5, 0.6) is 5.75 Å². The zero-order valence-corrected chi connectivity index (χ0v) is 11.8. The first-order chi connectivity index (χ1) is 8.58. The Hall–Kier alpha value is -1.57. The van der Waals surface area contributed by atoms with Crippen LogP contribution in [-0.4, -0.2) is 20.6 Å². The molecule has 2 aromatic rings. The number of ether oxygens (including phenoxy) is 1. The summed E-state index contributed by atoms with van der Waals surface area (Å²) in [6.07, 6.45) is 3.52. The first-order valence-corrected chi connectivity index (χ1v) is 6.27. The molecule has 0 radical (unpaired) electrons. The third-order valence-corrected chi connectivity index (χ3v) is 3.35. The number of aromatic carboxylic acids is 1. The van der Waals surface area contributed by atoms with Crippen molar-refractivity contribution in [2.45, 2.75) is 6.61 Å². The molecule has 0 saturated carbocycles. The number of aromatic nitrogens is 2. The van der Waals surface area contributed by atoms with Crippen LogP contribution in [-0.2, 0) is 13.7 Å². The number of carboxylic acid groups (broad SMARTS) is 1. The van der Waals surface area contributed by atoms with Gasteiger partial charge in [0, 0.05) is 19.4 Å². The van der Waals surface area contributed by atoms with Gasteiger partial charge in [-0.1, -0.05) is 0 Å². The fourth-order valence-electron chi connectivity index (χ4n) is 1.42. The second kappa shape index (κ2) is 5.38. The molecule has 94 valence electrons. The Balaban J connectivity index is 2.16. The highest BCUT2D eigenvalue weighted by molar-refractivity contribution is 14.1. The van der Waals surface area contributed by atoms with E-state index in [0.717, 1.165) is 9.39 Å². The zero-order valence-electron chi connectivity index (χ0n) is 9.63. The standard InChI is InChI=1S/C12H11IN2O3/c1-15-5-4-14-11(15)7-18-10-6-8(12(16)17)2-3-9(10)13/h2-6H,7H2,1H3,(H,16,17).